The maximum absolute atomic E-state index is 11.4. The minimum Gasteiger partial charge on any atom is -0.372 e. The highest BCUT2D eigenvalue weighted by atomic mass is 32.2. The van der Waals surface area contributed by atoms with Crippen molar-refractivity contribution in [3.05, 3.63) is 0 Å². The van der Waals surface area contributed by atoms with Gasteiger partial charge in [0.05, 0.1) is 46.2 Å². The zero-order valence-electron chi connectivity index (χ0n) is 66.3. The Morgan fingerprint density at radius 2 is 0.677 bits per heavy atom. The number of ether oxygens (including phenoxy) is 2. The van der Waals surface area contributed by atoms with E-state index in [0.717, 1.165) is 57.8 Å². The second kappa shape index (κ2) is 52.2. The second-order valence-electron chi connectivity index (χ2n) is 23.0. The molecule has 18 rings (SSSR count). The van der Waals surface area contributed by atoms with Crippen LogP contribution in [0, 0.1) is 23.7 Å². The van der Waals surface area contributed by atoms with Crippen LogP contribution in [0.3, 0.4) is 0 Å². The number of nitrogens with one attached hydrogen (secondary N) is 3. The molecule has 20 unspecified atom stereocenters. The van der Waals surface area contributed by atoms with E-state index in [4.69, 9.17) is 17.8 Å². The van der Waals surface area contributed by atoms with Gasteiger partial charge in [-0.25, -0.2) is 39.4 Å². The van der Waals surface area contributed by atoms with Crippen molar-refractivity contribution >= 4 is 73.8 Å². The van der Waals surface area contributed by atoms with Gasteiger partial charge in [0.25, 0.3) is 20.2 Å². The molecule has 13 saturated heterocycles. The number of rotatable bonds is 0. The van der Waals surface area contributed by atoms with E-state index in [0.29, 0.717) is 46.5 Å². The van der Waals surface area contributed by atoms with Gasteiger partial charge in [-0.2, -0.15) is 40.4 Å². The molecule has 12 bridgehead atoms. The van der Waals surface area contributed by atoms with Gasteiger partial charge in [0.2, 0.25) is 30.1 Å². The minimum absolute atomic E-state index is 0.0220. The van der Waals surface area contributed by atoms with E-state index >= 15 is 0 Å². The van der Waals surface area contributed by atoms with E-state index in [-0.39, 0.29) is 80.2 Å². The Morgan fingerprint density at radius 3 is 1.01 bits per heavy atom. The first kappa shape index (κ1) is 100. The number of sulfonamides is 3. The molecular weight excluding hydrogens is 1360 g/mol. The zero-order valence-corrected chi connectivity index (χ0v) is 72.0. The first-order chi connectivity index (χ1) is 46.3. The average molecular weight is 1510 g/mol. The van der Waals surface area contributed by atoms with Crippen molar-refractivity contribution in [3.63, 3.8) is 0 Å². The van der Waals surface area contributed by atoms with Crippen LogP contribution in [0.25, 0.3) is 0 Å². The highest BCUT2D eigenvalue weighted by molar-refractivity contribution is 8.03. The van der Waals surface area contributed by atoms with Crippen molar-refractivity contribution < 1.29 is 59.9 Å². The normalized spacial score (nSPS) is 38.6. The summed E-state index contributed by atoms with van der Waals surface area (Å²) in [5.41, 5.74) is 0. The number of fused-ring (bicyclic) bond motifs is 7. The first-order valence-corrected chi connectivity index (χ1v) is 49.2. The molecule has 0 aromatic heterocycles. The molecule has 0 aromatic carbocycles. The molecule has 582 valence electrons. The smallest absolute Gasteiger partial charge is 0.273 e. The number of thioether (sulfide) groups is 2. The molecule has 13 aliphatic heterocycles. The fourth-order valence-electron chi connectivity index (χ4n) is 15.6. The molecule has 13 heterocycles. The molecular formula is C72H153N3O14S7. The number of hydrogen-bond donors (Lipinski definition) is 3. The molecule has 5 saturated carbocycles. The standard InChI is InChI=1S/C7H11NO2S.C7H12.C6H9NO3S.C6H9NO2S2.C6H8O4S.C6H8O3S2.C6H12.14C2H6/c9-11(10)7-3-4-1-5(7)6(2-4)8-11;1-2-7-4-3-6(1)5-7;2*8-11(9)5-2-3-1-4(7-11)6(5)10-3;7-11(8)5-2-3-1-4(10-11)6(5)9-3;7-11(8)5-2-3-1-4(9-11)6(5)10-3;1-2-4-6-5-3-1;14*1-2/h4-8H,1-3H2;6-7H,1-5H2;2*3-7H,1-2H2;2*3-6H,1-2H2;1-6H2;14*1-2H3. The summed E-state index contributed by atoms with van der Waals surface area (Å²) in [4.78, 5) is 0. The van der Waals surface area contributed by atoms with Crippen LogP contribution in [0.4, 0.5) is 0 Å². The largest absolute Gasteiger partial charge is 0.372 e. The van der Waals surface area contributed by atoms with E-state index in [1.807, 2.05) is 217 Å². The summed E-state index contributed by atoms with van der Waals surface area (Å²) in [6, 6.07) is 0.668. The molecule has 3 N–H and O–H groups in total. The molecule has 0 radical (unpaired) electrons. The lowest BCUT2D eigenvalue weighted by atomic mass is 9.96. The van der Waals surface area contributed by atoms with Crippen LogP contribution < -0.4 is 14.2 Å². The summed E-state index contributed by atoms with van der Waals surface area (Å²) in [7, 11) is -15.2. The summed E-state index contributed by atoms with van der Waals surface area (Å²) in [6.07, 6.45) is 26.7. The van der Waals surface area contributed by atoms with Crippen LogP contribution >= 0.6 is 23.5 Å². The van der Waals surface area contributed by atoms with Gasteiger partial charge in [-0.15, -0.1) is 0 Å². The zero-order chi connectivity index (χ0) is 75.1. The molecule has 0 spiro atoms. The maximum atomic E-state index is 11.4. The highest BCUT2D eigenvalue weighted by Crippen LogP contribution is 2.56. The SMILES string of the molecule is C1CC2CCC1C2.C1CCCCC1.CC.CC.CC.CC.CC.CC.CC.CC.CC.CC.CC.CC.CC.CC.O=S1(=O)NC2CC3CC1C2O3.O=S1(=O)NC2CC3CC1C2S3.O=S1(=O)NC2CC3CC2C1C3.O=S1(=O)OC2CC3CC1C2O3.O=S1(=O)OC2CC3CC1C2S3. The predicted molar refractivity (Wildman–Crippen MR) is 416 cm³/mol. The van der Waals surface area contributed by atoms with Gasteiger partial charge in [0.1, 0.15) is 28.0 Å². The Bertz CT molecular complexity index is 2130. The van der Waals surface area contributed by atoms with Gasteiger partial charge in [-0.05, 0) is 94.3 Å². The fourth-order valence-corrected chi connectivity index (χ4v) is 29.9. The van der Waals surface area contributed by atoms with Crippen molar-refractivity contribution in [2.24, 2.45) is 23.7 Å². The third-order valence-electron chi connectivity index (χ3n) is 18.7. The van der Waals surface area contributed by atoms with Gasteiger partial charge >= 0.3 is 0 Å². The van der Waals surface area contributed by atoms with Crippen LogP contribution in [0.1, 0.15) is 335 Å². The van der Waals surface area contributed by atoms with E-state index in [9.17, 15) is 42.1 Å². The van der Waals surface area contributed by atoms with Crippen LogP contribution in [0.2, 0.25) is 0 Å². The molecule has 0 aromatic rings. The van der Waals surface area contributed by atoms with Gasteiger partial charge in [-0.3, -0.25) is 8.37 Å². The summed E-state index contributed by atoms with van der Waals surface area (Å²) in [6.45, 7) is 56.0. The molecule has 20 atom stereocenters. The molecule has 18 fully saturated rings. The minimum atomic E-state index is -3.26. The maximum Gasteiger partial charge on any atom is 0.273 e. The first-order valence-electron chi connectivity index (χ1n) is 39.8. The Hall–Kier alpha value is 0.170. The Morgan fingerprint density at radius 1 is 0.292 bits per heavy atom. The monoisotopic (exact) mass is 1510 g/mol. The van der Waals surface area contributed by atoms with Gasteiger partial charge in [-0.1, -0.05) is 258 Å². The Labute approximate surface area is 604 Å². The summed E-state index contributed by atoms with van der Waals surface area (Å²) < 4.78 is 142. The van der Waals surface area contributed by atoms with E-state index < -0.39 is 50.3 Å². The van der Waals surface area contributed by atoms with Gasteiger partial charge < -0.3 is 9.47 Å². The Kier molecular flexibility index (Phi) is 54.5. The predicted octanol–water partition coefficient (Wildman–Crippen LogP) is 18.1. The van der Waals surface area contributed by atoms with E-state index in [1.54, 1.807) is 32.1 Å². The summed E-state index contributed by atoms with van der Waals surface area (Å²) >= 11 is 3.68. The highest BCUT2D eigenvalue weighted by Gasteiger charge is 2.63. The fraction of sp³-hybridized carbons (Fsp3) is 1.00. The lowest BCUT2D eigenvalue weighted by molar-refractivity contribution is 0.0838. The van der Waals surface area contributed by atoms with Crippen molar-refractivity contribution in [2.45, 2.75) is 437 Å². The molecule has 96 heavy (non-hydrogen) atoms. The van der Waals surface area contributed by atoms with Gasteiger partial charge in [0, 0.05) is 34.3 Å². The molecule has 17 nitrogen and oxygen atoms in total. The van der Waals surface area contributed by atoms with Crippen LogP contribution in [0.5, 0.6) is 0 Å². The van der Waals surface area contributed by atoms with Crippen LogP contribution in [0.15, 0.2) is 0 Å². The lowest BCUT2D eigenvalue weighted by Gasteiger charge is -2.13. The molecule has 0 amide bonds. The average Bonchev–Trinajstić information content (AvgIpc) is 1.64. The van der Waals surface area contributed by atoms with Crippen molar-refractivity contribution in [2.75, 3.05) is 0 Å². The van der Waals surface area contributed by atoms with Crippen molar-refractivity contribution in [1.29, 1.82) is 0 Å². The van der Waals surface area contributed by atoms with Gasteiger partial charge in [0.15, 0.2) is 0 Å². The Balaban J connectivity index is -0.000000995. The van der Waals surface area contributed by atoms with Crippen molar-refractivity contribution in [3.8, 4) is 0 Å². The van der Waals surface area contributed by atoms with Crippen molar-refractivity contribution in [1.82, 2.24) is 14.2 Å². The molecule has 18 aliphatic rings. The third-order valence-corrected chi connectivity index (χ3v) is 31.7. The molecule has 24 heteroatoms. The second-order valence-corrected chi connectivity index (χ2v) is 35.3. The topological polar surface area (TPSA) is 244 Å². The summed E-state index contributed by atoms with van der Waals surface area (Å²) in [5, 5.41) is 0.985. The summed E-state index contributed by atoms with van der Waals surface area (Å²) in [5.74, 6) is 3.51. The van der Waals surface area contributed by atoms with E-state index in [1.165, 1.54) is 50.4 Å². The lowest BCUT2D eigenvalue weighted by Crippen LogP contribution is -2.29. The number of hydrogen-bond acceptors (Lipinski definition) is 16. The molecule has 5 aliphatic carbocycles. The quantitative estimate of drug-likeness (QED) is 0.191. The third kappa shape index (κ3) is 26.6. The van der Waals surface area contributed by atoms with Crippen LogP contribution in [-0.2, 0) is 68.1 Å². The van der Waals surface area contributed by atoms with E-state index in [2.05, 4.69) is 14.2 Å². The van der Waals surface area contributed by atoms with Crippen LogP contribution in [-0.4, -0.2) is 144 Å².